The number of nitrogens with zero attached hydrogens (tertiary/aromatic N) is 1. The van der Waals surface area contributed by atoms with Gasteiger partial charge in [0.2, 0.25) is 0 Å². The minimum Gasteiger partial charge on any atom is -0.478 e. The number of carbonyl (C=O) groups is 1. The van der Waals surface area contributed by atoms with Crippen molar-refractivity contribution in [2.45, 2.75) is 20.3 Å². The van der Waals surface area contributed by atoms with Gasteiger partial charge in [-0.2, -0.15) is 0 Å². The van der Waals surface area contributed by atoms with Crippen LogP contribution in [0.15, 0.2) is 36.4 Å². The SMILES string of the molecule is Cc1cc(C)c(C(=O)O)cc1Cc1nc2ccccc2s1. The van der Waals surface area contributed by atoms with E-state index in [9.17, 15) is 9.90 Å². The molecule has 0 amide bonds. The first-order chi connectivity index (χ1) is 10.0. The molecule has 4 heteroatoms. The molecule has 0 aliphatic rings. The summed E-state index contributed by atoms with van der Waals surface area (Å²) in [5, 5.41) is 10.3. The van der Waals surface area contributed by atoms with Gasteiger partial charge in [-0.05, 0) is 48.7 Å². The highest BCUT2D eigenvalue weighted by molar-refractivity contribution is 7.18. The van der Waals surface area contributed by atoms with Crippen molar-refractivity contribution in [2.24, 2.45) is 0 Å². The molecular weight excluding hydrogens is 282 g/mol. The number of hydrogen-bond acceptors (Lipinski definition) is 3. The van der Waals surface area contributed by atoms with Gasteiger partial charge in [0.15, 0.2) is 0 Å². The van der Waals surface area contributed by atoms with Crippen LogP contribution in [0, 0.1) is 13.8 Å². The summed E-state index contributed by atoms with van der Waals surface area (Å²) < 4.78 is 1.16. The predicted molar refractivity (Wildman–Crippen MR) is 85.3 cm³/mol. The normalized spacial score (nSPS) is 11.0. The fourth-order valence-corrected chi connectivity index (χ4v) is 3.47. The molecule has 21 heavy (non-hydrogen) atoms. The van der Waals surface area contributed by atoms with E-state index in [1.807, 2.05) is 38.1 Å². The fraction of sp³-hybridized carbons (Fsp3) is 0.176. The zero-order chi connectivity index (χ0) is 15.0. The summed E-state index contributed by atoms with van der Waals surface area (Å²) in [7, 11) is 0. The predicted octanol–water partition coefficient (Wildman–Crippen LogP) is 4.20. The molecule has 0 fully saturated rings. The maximum atomic E-state index is 11.3. The van der Waals surface area contributed by atoms with Gasteiger partial charge in [-0.1, -0.05) is 18.2 Å². The fourth-order valence-electron chi connectivity index (χ4n) is 2.48. The van der Waals surface area contributed by atoms with Crippen LogP contribution in [0.2, 0.25) is 0 Å². The highest BCUT2D eigenvalue weighted by Crippen LogP contribution is 2.25. The highest BCUT2D eigenvalue weighted by Gasteiger charge is 2.12. The van der Waals surface area contributed by atoms with E-state index >= 15 is 0 Å². The number of rotatable bonds is 3. The van der Waals surface area contributed by atoms with Crippen molar-refractivity contribution in [1.82, 2.24) is 4.98 Å². The molecule has 0 saturated heterocycles. The van der Waals surface area contributed by atoms with Crippen LogP contribution in [0.4, 0.5) is 0 Å². The van der Waals surface area contributed by atoms with Gasteiger partial charge < -0.3 is 5.11 Å². The molecule has 0 radical (unpaired) electrons. The van der Waals surface area contributed by atoms with Crippen LogP contribution in [-0.2, 0) is 6.42 Å². The Hall–Kier alpha value is -2.20. The van der Waals surface area contributed by atoms with E-state index < -0.39 is 5.97 Å². The number of thiazole rings is 1. The van der Waals surface area contributed by atoms with E-state index in [1.165, 1.54) is 0 Å². The lowest BCUT2D eigenvalue weighted by molar-refractivity contribution is 0.0696. The molecular formula is C17H15NO2S. The summed E-state index contributed by atoms with van der Waals surface area (Å²) in [4.78, 5) is 15.9. The number of aryl methyl sites for hydroxylation is 2. The van der Waals surface area contributed by atoms with Gasteiger partial charge in [0.1, 0.15) is 0 Å². The van der Waals surface area contributed by atoms with Crippen molar-refractivity contribution in [1.29, 1.82) is 0 Å². The van der Waals surface area contributed by atoms with Crippen molar-refractivity contribution in [3.05, 3.63) is 63.7 Å². The summed E-state index contributed by atoms with van der Waals surface area (Å²) in [6.45, 7) is 3.85. The van der Waals surface area contributed by atoms with E-state index in [1.54, 1.807) is 17.4 Å². The van der Waals surface area contributed by atoms with Gasteiger partial charge >= 0.3 is 5.97 Å². The molecule has 0 bridgehead atoms. The second-order valence-electron chi connectivity index (χ2n) is 5.15. The van der Waals surface area contributed by atoms with Gasteiger partial charge in [0, 0.05) is 6.42 Å². The first kappa shape index (κ1) is 13.8. The van der Waals surface area contributed by atoms with Crippen molar-refractivity contribution in [3.63, 3.8) is 0 Å². The molecule has 1 heterocycles. The molecule has 1 N–H and O–H groups in total. The van der Waals surface area contributed by atoms with Crippen LogP contribution in [0.5, 0.6) is 0 Å². The number of benzene rings is 2. The topological polar surface area (TPSA) is 50.2 Å². The zero-order valence-electron chi connectivity index (χ0n) is 11.9. The van der Waals surface area contributed by atoms with Crippen LogP contribution in [0.1, 0.15) is 32.1 Å². The van der Waals surface area contributed by atoms with Crippen LogP contribution in [-0.4, -0.2) is 16.1 Å². The smallest absolute Gasteiger partial charge is 0.335 e. The molecule has 0 spiro atoms. The minimum atomic E-state index is -0.877. The molecule has 0 saturated carbocycles. The first-order valence-electron chi connectivity index (χ1n) is 6.72. The average molecular weight is 297 g/mol. The number of fused-ring (bicyclic) bond motifs is 1. The van der Waals surface area contributed by atoms with E-state index in [-0.39, 0.29) is 0 Å². The van der Waals surface area contributed by atoms with Gasteiger partial charge in [0.05, 0.1) is 20.8 Å². The summed E-state index contributed by atoms with van der Waals surface area (Å²) in [6, 6.07) is 11.8. The summed E-state index contributed by atoms with van der Waals surface area (Å²) >= 11 is 1.66. The molecule has 3 nitrogen and oxygen atoms in total. The molecule has 0 aliphatic heterocycles. The molecule has 106 valence electrons. The van der Waals surface area contributed by atoms with Crippen LogP contribution >= 0.6 is 11.3 Å². The lowest BCUT2D eigenvalue weighted by Gasteiger charge is -2.08. The molecule has 1 aromatic heterocycles. The van der Waals surface area contributed by atoms with E-state index in [4.69, 9.17) is 0 Å². The molecule has 3 rings (SSSR count). The van der Waals surface area contributed by atoms with Gasteiger partial charge in [-0.15, -0.1) is 11.3 Å². The zero-order valence-corrected chi connectivity index (χ0v) is 12.7. The Balaban J connectivity index is 2.00. The summed E-state index contributed by atoms with van der Waals surface area (Å²) in [5.41, 5.74) is 4.30. The monoisotopic (exact) mass is 297 g/mol. The Morgan fingerprint density at radius 1 is 1.19 bits per heavy atom. The lowest BCUT2D eigenvalue weighted by atomic mass is 9.98. The third-order valence-electron chi connectivity index (χ3n) is 3.59. The number of carboxylic acids is 1. The molecule has 0 aliphatic carbocycles. The third-order valence-corrected chi connectivity index (χ3v) is 4.63. The average Bonchev–Trinajstić information content (AvgIpc) is 2.83. The number of aromatic carboxylic acids is 1. The Kier molecular flexibility index (Phi) is 3.47. The largest absolute Gasteiger partial charge is 0.478 e. The summed E-state index contributed by atoms with van der Waals surface area (Å²) in [5.74, 6) is -0.877. The number of para-hydroxylation sites is 1. The standard InChI is InChI=1S/C17H15NO2S/c1-10-7-11(2)13(17(19)20)8-12(10)9-16-18-14-5-3-4-6-15(14)21-16/h3-8H,9H2,1-2H3,(H,19,20). The van der Waals surface area contributed by atoms with Crippen molar-refractivity contribution in [2.75, 3.05) is 0 Å². The summed E-state index contributed by atoms with van der Waals surface area (Å²) in [6.07, 6.45) is 0.672. The number of hydrogen-bond donors (Lipinski definition) is 1. The number of carboxylic acid groups (broad SMARTS) is 1. The molecule has 0 unspecified atom stereocenters. The van der Waals surface area contributed by atoms with Crippen LogP contribution in [0.3, 0.4) is 0 Å². The second kappa shape index (κ2) is 5.30. The minimum absolute atomic E-state index is 0.372. The Labute approximate surface area is 126 Å². The second-order valence-corrected chi connectivity index (χ2v) is 6.27. The van der Waals surface area contributed by atoms with E-state index in [0.717, 1.165) is 31.9 Å². The van der Waals surface area contributed by atoms with Gasteiger partial charge in [0.25, 0.3) is 0 Å². The van der Waals surface area contributed by atoms with Crippen LogP contribution < -0.4 is 0 Å². The van der Waals surface area contributed by atoms with Crippen molar-refractivity contribution in [3.8, 4) is 0 Å². The third kappa shape index (κ3) is 2.67. The lowest BCUT2D eigenvalue weighted by Crippen LogP contribution is -2.03. The van der Waals surface area contributed by atoms with Gasteiger partial charge in [-0.3, -0.25) is 0 Å². The van der Waals surface area contributed by atoms with Crippen molar-refractivity contribution >= 4 is 27.5 Å². The molecule has 0 atom stereocenters. The van der Waals surface area contributed by atoms with Crippen molar-refractivity contribution < 1.29 is 9.90 Å². The van der Waals surface area contributed by atoms with E-state index in [0.29, 0.717) is 12.0 Å². The first-order valence-corrected chi connectivity index (χ1v) is 7.54. The molecule has 3 aromatic rings. The maximum absolute atomic E-state index is 11.3. The Morgan fingerprint density at radius 3 is 2.67 bits per heavy atom. The number of aromatic nitrogens is 1. The van der Waals surface area contributed by atoms with E-state index in [2.05, 4.69) is 11.1 Å². The van der Waals surface area contributed by atoms with Gasteiger partial charge in [-0.25, -0.2) is 9.78 Å². The highest BCUT2D eigenvalue weighted by atomic mass is 32.1. The maximum Gasteiger partial charge on any atom is 0.335 e. The quantitative estimate of drug-likeness (QED) is 0.788. The molecule has 2 aromatic carbocycles. The van der Waals surface area contributed by atoms with Crippen LogP contribution in [0.25, 0.3) is 10.2 Å². The Morgan fingerprint density at radius 2 is 1.95 bits per heavy atom. The Bertz CT molecular complexity index is 803.